The molecule has 1 rings (SSSR count). The van der Waals surface area contributed by atoms with Crippen molar-refractivity contribution >= 4 is 27.3 Å². The van der Waals surface area contributed by atoms with Gasteiger partial charge < -0.3 is 16.8 Å². The molecule has 0 spiro atoms. The van der Waals surface area contributed by atoms with Gasteiger partial charge in [0.2, 0.25) is 10.0 Å². The van der Waals surface area contributed by atoms with Crippen LogP contribution in [0.3, 0.4) is 0 Å². The second kappa shape index (κ2) is 5.68. The fourth-order valence-electron chi connectivity index (χ4n) is 1.74. The number of anilines is 2. The topological polar surface area (TPSA) is 127 Å². The van der Waals surface area contributed by atoms with E-state index in [1.807, 2.05) is 0 Å². The lowest BCUT2D eigenvalue weighted by molar-refractivity contribution is 0.100. The van der Waals surface area contributed by atoms with E-state index in [0.29, 0.717) is 17.9 Å². The van der Waals surface area contributed by atoms with Crippen molar-refractivity contribution in [2.24, 2.45) is 5.73 Å². The average molecular weight is 300 g/mol. The van der Waals surface area contributed by atoms with E-state index in [0.717, 1.165) is 6.26 Å². The maximum Gasteiger partial charge on any atom is 0.250 e. The maximum absolute atomic E-state index is 11.2. The smallest absolute Gasteiger partial charge is 0.250 e. The number of primary amides is 1. The Labute approximate surface area is 118 Å². The molecule has 0 saturated heterocycles. The van der Waals surface area contributed by atoms with E-state index < -0.39 is 21.5 Å². The first kappa shape index (κ1) is 16.3. The summed E-state index contributed by atoms with van der Waals surface area (Å²) >= 11 is 0. The normalized spacial score (nSPS) is 12.2. The average Bonchev–Trinajstić information content (AvgIpc) is 2.24. The lowest BCUT2D eigenvalue weighted by atomic mass is 10.1. The number of hydrogen-bond donors (Lipinski definition) is 4. The van der Waals surface area contributed by atoms with Gasteiger partial charge in [-0.15, -0.1) is 0 Å². The number of nitrogen functional groups attached to an aromatic ring is 1. The van der Waals surface area contributed by atoms with Gasteiger partial charge in [0.1, 0.15) is 0 Å². The zero-order valence-electron chi connectivity index (χ0n) is 11.7. The fraction of sp³-hybridized carbons (Fsp3) is 0.417. The Morgan fingerprint density at radius 2 is 1.95 bits per heavy atom. The summed E-state index contributed by atoms with van der Waals surface area (Å²) in [6, 6.07) is 4.80. The number of nitrogens with one attached hydrogen (secondary N) is 2. The molecule has 0 radical (unpaired) electrons. The molecule has 0 atom stereocenters. The van der Waals surface area contributed by atoms with Crippen LogP contribution in [0.25, 0.3) is 0 Å². The minimum absolute atomic E-state index is 0.226. The molecule has 0 aliphatic carbocycles. The minimum atomic E-state index is -3.30. The highest BCUT2D eigenvalue weighted by Gasteiger charge is 2.21. The first-order chi connectivity index (χ1) is 9.00. The molecule has 0 aliphatic rings. The van der Waals surface area contributed by atoms with Crippen molar-refractivity contribution in [3.63, 3.8) is 0 Å². The van der Waals surface area contributed by atoms with E-state index in [2.05, 4.69) is 10.0 Å². The van der Waals surface area contributed by atoms with Crippen LogP contribution in [0, 0.1) is 0 Å². The number of benzene rings is 1. The lowest BCUT2D eigenvalue weighted by Gasteiger charge is -2.26. The van der Waals surface area contributed by atoms with Crippen molar-refractivity contribution in [3.8, 4) is 0 Å². The summed E-state index contributed by atoms with van der Waals surface area (Å²) in [6.45, 7) is 3.82. The van der Waals surface area contributed by atoms with Crippen molar-refractivity contribution in [1.82, 2.24) is 4.72 Å². The molecule has 112 valence electrons. The Kier molecular flexibility index (Phi) is 4.61. The summed E-state index contributed by atoms with van der Waals surface area (Å²) in [6.07, 6.45) is 1.10. The molecule has 1 amide bonds. The fourth-order valence-corrected chi connectivity index (χ4v) is 2.82. The first-order valence-electron chi connectivity index (χ1n) is 5.92. The molecule has 0 aliphatic heterocycles. The quantitative estimate of drug-likeness (QED) is 0.554. The van der Waals surface area contributed by atoms with E-state index in [4.69, 9.17) is 11.5 Å². The van der Waals surface area contributed by atoms with Crippen LogP contribution >= 0.6 is 0 Å². The molecular formula is C12H20N4O3S. The summed E-state index contributed by atoms with van der Waals surface area (Å²) < 4.78 is 25.0. The van der Waals surface area contributed by atoms with Crippen molar-refractivity contribution < 1.29 is 13.2 Å². The zero-order chi connectivity index (χ0) is 15.6. The molecule has 0 aromatic heterocycles. The summed E-state index contributed by atoms with van der Waals surface area (Å²) in [5.74, 6) is -0.611. The van der Waals surface area contributed by atoms with Gasteiger partial charge in [0.05, 0.1) is 11.8 Å². The predicted octanol–water partition coefficient (Wildman–Crippen LogP) is 0.107. The first-order valence-corrected chi connectivity index (χ1v) is 7.81. The van der Waals surface area contributed by atoms with E-state index in [-0.39, 0.29) is 5.56 Å². The number of sulfonamides is 1. The number of amides is 1. The Balaban J connectivity index is 2.80. The van der Waals surface area contributed by atoms with Crippen molar-refractivity contribution in [2.45, 2.75) is 19.4 Å². The zero-order valence-corrected chi connectivity index (χ0v) is 12.5. The molecule has 0 saturated carbocycles. The third-order valence-electron chi connectivity index (χ3n) is 2.51. The molecule has 6 N–H and O–H groups in total. The number of carbonyl (C=O) groups is 1. The molecule has 0 bridgehead atoms. The molecular weight excluding hydrogens is 280 g/mol. The van der Waals surface area contributed by atoms with Crippen LogP contribution < -0.4 is 21.5 Å². The van der Waals surface area contributed by atoms with Gasteiger partial charge in [-0.2, -0.15) is 0 Å². The number of carbonyl (C=O) groups excluding carboxylic acids is 1. The van der Waals surface area contributed by atoms with Crippen LogP contribution in [0.1, 0.15) is 24.2 Å². The van der Waals surface area contributed by atoms with E-state index in [9.17, 15) is 13.2 Å². The van der Waals surface area contributed by atoms with Crippen LogP contribution in [0.5, 0.6) is 0 Å². The number of hydrogen-bond acceptors (Lipinski definition) is 5. The monoisotopic (exact) mass is 300 g/mol. The van der Waals surface area contributed by atoms with Gasteiger partial charge in [-0.3, -0.25) is 4.79 Å². The highest BCUT2D eigenvalue weighted by Crippen LogP contribution is 2.18. The molecule has 7 nitrogen and oxygen atoms in total. The number of nitrogens with two attached hydrogens (primary N) is 2. The van der Waals surface area contributed by atoms with Crippen LogP contribution in [-0.2, 0) is 10.0 Å². The van der Waals surface area contributed by atoms with Crippen LogP contribution in [0.15, 0.2) is 18.2 Å². The molecule has 0 unspecified atom stereocenters. The van der Waals surface area contributed by atoms with Crippen molar-refractivity contribution in [3.05, 3.63) is 23.8 Å². The van der Waals surface area contributed by atoms with Gasteiger partial charge in [-0.25, -0.2) is 13.1 Å². The summed E-state index contributed by atoms with van der Waals surface area (Å²) in [5, 5.41) is 3.04. The second-order valence-electron chi connectivity index (χ2n) is 5.28. The summed E-state index contributed by atoms with van der Waals surface area (Å²) in [4.78, 5) is 11.2. The molecule has 1 aromatic carbocycles. The predicted molar refractivity (Wildman–Crippen MR) is 79.9 cm³/mol. The Hall–Kier alpha value is -1.80. The third kappa shape index (κ3) is 5.06. The van der Waals surface area contributed by atoms with Crippen LogP contribution in [0.2, 0.25) is 0 Å². The summed E-state index contributed by atoms with van der Waals surface area (Å²) in [5.41, 5.74) is 11.3. The second-order valence-corrected chi connectivity index (χ2v) is 7.03. The van der Waals surface area contributed by atoms with Crippen molar-refractivity contribution in [2.75, 3.05) is 23.9 Å². The Bertz CT molecular complexity index is 611. The Morgan fingerprint density at radius 3 is 2.45 bits per heavy atom. The SMILES string of the molecule is CC(C)(CNc1ccc(N)c(C(N)=O)c1)NS(C)(=O)=O. The maximum atomic E-state index is 11.2. The standard InChI is InChI=1S/C12H20N4O3S/c1-12(2,16-20(3,18)19)7-15-8-4-5-10(13)9(6-8)11(14)17/h4-6,15-16H,7,13H2,1-3H3,(H2,14,17). The third-order valence-corrected chi connectivity index (χ3v) is 3.44. The number of rotatable bonds is 6. The van der Waals surface area contributed by atoms with E-state index in [1.165, 1.54) is 6.07 Å². The van der Waals surface area contributed by atoms with Gasteiger partial charge in [0.15, 0.2) is 0 Å². The largest absolute Gasteiger partial charge is 0.398 e. The van der Waals surface area contributed by atoms with Gasteiger partial charge in [0.25, 0.3) is 5.91 Å². The van der Waals surface area contributed by atoms with Gasteiger partial charge in [-0.05, 0) is 32.0 Å². The summed E-state index contributed by atoms with van der Waals surface area (Å²) in [7, 11) is -3.30. The van der Waals surface area contributed by atoms with Crippen LogP contribution in [0.4, 0.5) is 11.4 Å². The van der Waals surface area contributed by atoms with Gasteiger partial charge in [-0.1, -0.05) is 0 Å². The molecule has 8 heteroatoms. The van der Waals surface area contributed by atoms with Gasteiger partial charge >= 0.3 is 0 Å². The van der Waals surface area contributed by atoms with E-state index in [1.54, 1.807) is 26.0 Å². The highest BCUT2D eigenvalue weighted by molar-refractivity contribution is 7.88. The molecule has 0 heterocycles. The Morgan fingerprint density at radius 1 is 1.35 bits per heavy atom. The minimum Gasteiger partial charge on any atom is -0.398 e. The highest BCUT2D eigenvalue weighted by atomic mass is 32.2. The lowest BCUT2D eigenvalue weighted by Crippen LogP contribution is -2.47. The van der Waals surface area contributed by atoms with Crippen molar-refractivity contribution in [1.29, 1.82) is 0 Å². The molecule has 20 heavy (non-hydrogen) atoms. The molecule has 0 fully saturated rings. The van der Waals surface area contributed by atoms with Gasteiger partial charge in [0, 0.05) is 23.5 Å². The molecule has 1 aromatic rings. The van der Waals surface area contributed by atoms with E-state index >= 15 is 0 Å². The van der Waals surface area contributed by atoms with Crippen LogP contribution in [-0.4, -0.2) is 32.7 Å².